The van der Waals surface area contributed by atoms with E-state index in [0.717, 1.165) is 13.2 Å². The summed E-state index contributed by atoms with van der Waals surface area (Å²) in [5.41, 5.74) is -1.48. The summed E-state index contributed by atoms with van der Waals surface area (Å²) in [5.74, 6) is -2.43. The molecule has 0 radical (unpaired) electrons. The summed E-state index contributed by atoms with van der Waals surface area (Å²) >= 11 is 0. The van der Waals surface area contributed by atoms with Crippen molar-refractivity contribution in [3.63, 3.8) is 0 Å². The molecule has 11 heteroatoms. The minimum Gasteiger partial charge on any atom is -0.466 e. The Morgan fingerprint density at radius 1 is 1.30 bits per heavy atom. The van der Waals surface area contributed by atoms with E-state index in [-0.39, 0.29) is 41.1 Å². The molecule has 1 unspecified atom stereocenters. The van der Waals surface area contributed by atoms with Crippen molar-refractivity contribution >= 4 is 13.6 Å². The fourth-order valence-electron chi connectivity index (χ4n) is 3.64. The lowest BCUT2D eigenvalue weighted by atomic mass is 9.83. The summed E-state index contributed by atoms with van der Waals surface area (Å²) in [6.07, 6.45) is -4.28. The molecule has 1 fully saturated rings. The average molecular weight is 447 g/mol. The van der Waals surface area contributed by atoms with Crippen LogP contribution < -0.4 is 5.32 Å². The first-order valence-corrected chi connectivity index (χ1v) is 10.6. The molecular weight excluding hydrogens is 426 g/mol. The van der Waals surface area contributed by atoms with Crippen LogP contribution in [0.25, 0.3) is 0 Å². The number of nitrogens with one attached hydrogen (secondary N) is 1. The van der Waals surface area contributed by atoms with E-state index in [0.29, 0.717) is 6.42 Å². The van der Waals surface area contributed by atoms with Gasteiger partial charge in [-0.3, -0.25) is 4.57 Å². The number of hydrogen-bond donors (Lipinski definition) is 2. The summed E-state index contributed by atoms with van der Waals surface area (Å²) in [6.45, 7) is 0.979. The Labute approximate surface area is 171 Å². The van der Waals surface area contributed by atoms with Crippen LogP contribution in [-0.4, -0.2) is 38.0 Å². The van der Waals surface area contributed by atoms with Gasteiger partial charge in [-0.05, 0) is 25.0 Å². The van der Waals surface area contributed by atoms with E-state index in [4.69, 9.17) is 13.8 Å². The molecule has 0 aliphatic carbocycles. The largest absolute Gasteiger partial charge is 0.466 e. The predicted octanol–water partition coefficient (Wildman–Crippen LogP) is 3.67. The van der Waals surface area contributed by atoms with E-state index < -0.39 is 37.8 Å². The van der Waals surface area contributed by atoms with Gasteiger partial charge in [-0.25, -0.2) is 4.79 Å². The van der Waals surface area contributed by atoms with Crippen LogP contribution in [0.4, 0.5) is 13.2 Å². The summed E-state index contributed by atoms with van der Waals surface area (Å²) in [6, 6.07) is 4.66. The van der Waals surface area contributed by atoms with E-state index in [1.807, 2.05) is 0 Å². The lowest BCUT2D eigenvalue weighted by molar-refractivity contribution is -0.139. The molecule has 30 heavy (non-hydrogen) atoms. The molecular formula is C19H21F3NO6P. The predicted molar refractivity (Wildman–Crippen MR) is 100 cm³/mol. The van der Waals surface area contributed by atoms with Gasteiger partial charge in [-0.1, -0.05) is 18.2 Å². The number of methoxy groups -OCH3 is 1. The first-order valence-electron chi connectivity index (χ1n) is 9.10. The second-order valence-electron chi connectivity index (χ2n) is 6.71. The molecule has 164 valence electrons. The second-order valence-corrected chi connectivity index (χ2v) is 8.71. The van der Waals surface area contributed by atoms with E-state index >= 15 is 0 Å². The van der Waals surface area contributed by atoms with Crippen molar-refractivity contribution in [1.82, 2.24) is 5.32 Å². The second kappa shape index (κ2) is 8.55. The molecule has 0 saturated carbocycles. The highest BCUT2D eigenvalue weighted by molar-refractivity contribution is 7.58. The van der Waals surface area contributed by atoms with E-state index in [1.165, 1.54) is 25.1 Å². The van der Waals surface area contributed by atoms with E-state index in [2.05, 4.69) is 5.32 Å². The van der Waals surface area contributed by atoms with Crippen LogP contribution >= 0.6 is 7.60 Å². The summed E-state index contributed by atoms with van der Waals surface area (Å²) in [4.78, 5) is 12.6. The first-order chi connectivity index (χ1) is 14.1. The molecule has 0 bridgehead atoms. The molecule has 1 saturated heterocycles. The zero-order valence-corrected chi connectivity index (χ0v) is 17.2. The summed E-state index contributed by atoms with van der Waals surface area (Å²) in [7, 11) is -2.97. The molecule has 2 heterocycles. The fraction of sp³-hybridized carbons (Fsp3) is 0.421. The van der Waals surface area contributed by atoms with Gasteiger partial charge in [0.2, 0.25) is 0 Å². The van der Waals surface area contributed by atoms with Crippen molar-refractivity contribution in [3.8, 4) is 0 Å². The first kappa shape index (κ1) is 22.6. The molecule has 1 aromatic rings. The monoisotopic (exact) mass is 447 g/mol. The number of carbonyl (C=O) groups excluding carboxylic acids is 1. The van der Waals surface area contributed by atoms with Crippen molar-refractivity contribution in [2.75, 3.05) is 26.9 Å². The summed E-state index contributed by atoms with van der Waals surface area (Å²) < 4.78 is 70.5. The maximum Gasteiger partial charge on any atom is 0.416 e. The number of benzene rings is 1. The number of alkyl halides is 3. The Kier molecular flexibility index (Phi) is 6.43. The minimum atomic E-state index is -4.75. The van der Waals surface area contributed by atoms with Crippen LogP contribution in [0, 0.1) is 0 Å². The Balaban J connectivity index is 2.33. The van der Waals surface area contributed by atoms with Crippen LogP contribution in [0.5, 0.6) is 0 Å². The number of halogens is 3. The van der Waals surface area contributed by atoms with Crippen LogP contribution in [0.2, 0.25) is 0 Å². The highest BCUT2D eigenvalue weighted by atomic mass is 31.2. The molecule has 0 spiro atoms. The fourth-order valence-corrected chi connectivity index (χ4v) is 5.78. The van der Waals surface area contributed by atoms with Crippen molar-refractivity contribution in [1.29, 1.82) is 0 Å². The highest BCUT2D eigenvalue weighted by Gasteiger charge is 2.48. The van der Waals surface area contributed by atoms with Crippen molar-refractivity contribution in [3.05, 3.63) is 57.7 Å². The molecule has 1 atom stereocenters. The van der Waals surface area contributed by atoms with Gasteiger partial charge in [0.05, 0.1) is 55.0 Å². The molecule has 2 aliphatic rings. The molecule has 0 aromatic heterocycles. The van der Waals surface area contributed by atoms with Crippen LogP contribution in [-0.2, 0) is 29.3 Å². The zero-order chi connectivity index (χ0) is 22.1. The standard InChI is InChI=1S/C19H21F3NO6P/c1-11-17(30(26)28-8-5-9-29-30)15(16(18(25)27-2)14(10-24)23-11)12-6-3-4-7-13(12)19(20,21)22/h3-4,6-7,15,23-24H,5,8-10H2,1-2H3. The average Bonchev–Trinajstić information content (AvgIpc) is 2.72. The number of aliphatic hydroxyl groups excluding tert-OH is 1. The van der Waals surface area contributed by atoms with Gasteiger partial charge in [0.15, 0.2) is 0 Å². The number of ether oxygens (including phenoxy) is 1. The number of aliphatic hydroxyl groups is 1. The minimum absolute atomic E-state index is 0.0475. The van der Waals surface area contributed by atoms with Gasteiger partial charge >= 0.3 is 19.7 Å². The molecule has 0 amide bonds. The van der Waals surface area contributed by atoms with Crippen molar-refractivity contribution < 1.29 is 41.4 Å². The van der Waals surface area contributed by atoms with Crippen LogP contribution in [0.15, 0.2) is 46.5 Å². The van der Waals surface area contributed by atoms with E-state index in [1.54, 1.807) is 0 Å². The van der Waals surface area contributed by atoms with Crippen molar-refractivity contribution in [2.45, 2.75) is 25.4 Å². The Morgan fingerprint density at radius 2 is 1.93 bits per heavy atom. The van der Waals surface area contributed by atoms with Gasteiger partial charge in [-0.15, -0.1) is 0 Å². The number of dihydropyridines is 1. The number of rotatable bonds is 4. The third-order valence-electron chi connectivity index (χ3n) is 4.86. The van der Waals surface area contributed by atoms with Gasteiger partial charge in [0.1, 0.15) is 0 Å². The number of allylic oxidation sites excluding steroid dienone is 2. The van der Waals surface area contributed by atoms with E-state index in [9.17, 15) is 27.6 Å². The third kappa shape index (κ3) is 4.05. The van der Waals surface area contributed by atoms with Crippen molar-refractivity contribution in [2.24, 2.45) is 0 Å². The molecule has 2 aliphatic heterocycles. The quantitative estimate of drug-likeness (QED) is 0.537. The smallest absolute Gasteiger partial charge is 0.416 e. The maximum absolute atomic E-state index is 13.8. The van der Waals surface area contributed by atoms with Crippen LogP contribution in [0.3, 0.4) is 0 Å². The lowest BCUT2D eigenvalue weighted by Crippen LogP contribution is -2.33. The van der Waals surface area contributed by atoms with Gasteiger partial charge < -0.3 is 24.2 Å². The summed E-state index contributed by atoms with van der Waals surface area (Å²) in [5, 5.41) is 12.4. The number of carbonyl (C=O) groups is 1. The molecule has 7 nitrogen and oxygen atoms in total. The molecule has 1 aromatic carbocycles. The topological polar surface area (TPSA) is 94.1 Å². The van der Waals surface area contributed by atoms with Gasteiger partial charge in [0, 0.05) is 5.70 Å². The highest BCUT2D eigenvalue weighted by Crippen LogP contribution is 2.65. The van der Waals surface area contributed by atoms with Gasteiger partial charge in [0.25, 0.3) is 0 Å². The Morgan fingerprint density at radius 3 is 2.50 bits per heavy atom. The van der Waals surface area contributed by atoms with Crippen LogP contribution in [0.1, 0.15) is 30.4 Å². The molecule has 3 rings (SSSR count). The molecule has 2 N–H and O–H groups in total. The Bertz CT molecular complexity index is 946. The SMILES string of the molecule is COC(=O)C1=C(CO)NC(C)=C(P2(=O)OCCCO2)C1c1ccccc1C(F)(F)F. The number of esters is 1. The maximum atomic E-state index is 13.8. The normalized spacial score (nSPS) is 22.0. The zero-order valence-electron chi connectivity index (χ0n) is 16.3. The van der Waals surface area contributed by atoms with Gasteiger partial charge in [-0.2, -0.15) is 13.2 Å². The lowest BCUT2D eigenvalue weighted by Gasteiger charge is -2.36. The Hall–Kier alpha value is -2.13. The number of hydrogen-bond acceptors (Lipinski definition) is 7. The third-order valence-corrected chi connectivity index (χ3v) is 7.09.